The molecule has 0 aromatic heterocycles. The van der Waals surface area contributed by atoms with Crippen LogP contribution in [0.5, 0.6) is 5.75 Å². The van der Waals surface area contributed by atoms with Gasteiger partial charge in [0.2, 0.25) is 5.91 Å². The Hall–Kier alpha value is -2.33. The molecular formula is C20H24N2O2. The molecule has 1 aliphatic heterocycles. The fraction of sp³-hybridized carbons (Fsp3) is 0.350. The maximum Gasteiger partial charge on any atom is 0.229 e. The van der Waals surface area contributed by atoms with E-state index in [0.29, 0.717) is 6.54 Å². The molecule has 0 saturated carbocycles. The molecule has 0 bridgehead atoms. The van der Waals surface area contributed by atoms with Crippen LogP contribution < -0.4 is 10.1 Å². The molecule has 0 spiro atoms. The summed E-state index contributed by atoms with van der Waals surface area (Å²) in [5, 5.41) is 3.08. The number of likely N-dealkylation sites (N-methyl/N-ethyl adjacent to an activating group) is 1. The second-order valence-corrected chi connectivity index (χ2v) is 6.42. The Morgan fingerprint density at radius 2 is 2.04 bits per heavy atom. The molecule has 0 radical (unpaired) electrons. The molecule has 1 N–H and O–H groups in total. The topological polar surface area (TPSA) is 41.6 Å². The van der Waals surface area contributed by atoms with Crippen LogP contribution in [0.1, 0.15) is 28.2 Å². The fourth-order valence-electron chi connectivity index (χ4n) is 3.39. The first-order chi connectivity index (χ1) is 11.6. The monoisotopic (exact) mass is 324 g/mol. The van der Waals surface area contributed by atoms with E-state index in [0.717, 1.165) is 30.0 Å². The molecule has 3 rings (SSSR count). The molecule has 126 valence electrons. The molecule has 4 heteroatoms. The Morgan fingerprint density at radius 1 is 1.25 bits per heavy atom. The summed E-state index contributed by atoms with van der Waals surface area (Å²) in [6, 6.07) is 14.0. The number of nitrogens with zero attached hydrogens (tertiary/aromatic N) is 1. The second-order valence-electron chi connectivity index (χ2n) is 6.42. The van der Waals surface area contributed by atoms with E-state index in [1.165, 1.54) is 11.1 Å². The molecule has 0 saturated heterocycles. The summed E-state index contributed by atoms with van der Waals surface area (Å²) in [4.78, 5) is 15.0. The Labute approximate surface area is 143 Å². The van der Waals surface area contributed by atoms with E-state index in [4.69, 9.17) is 4.74 Å². The van der Waals surface area contributed by atoms with Crippen molar-refractivity contribution < 1.29 is 9.53 Å². The predicted molar refractivity (Wildman–Crippen MR) is 95.1 cm³/mol. The zero-order valence-electron chi connectivity index (χ0n) is 14.5. The van der Waals surface area contributed by atoms with Gasteiger partial charge < -0.3 is 15.0 Å². The normalized spacial score (nSPS) is 17.2. The lowest BCUT2D eigenvalue weighted by Crippen LogP contribution is -2.39. The van der Waals surface area contributed by atoms with Gasteiger partial charge in [-0.2, -0.15) is 0 Å². The Balaban J connectivity index is 1.77. The highest BCUT2D eigenvalue weighted by Crippen LogP contribution is 2.30. The second kappa shape index (κ2) is 7.05. The van der Waals surface area contributed by atoms with E-state index in [2.05, 4.69) is 36.3 Å². The van der Waals surface area contributed by atoms with Gasteiger partial charge in [-0.25, -0.2) is 0 Å². The Kier molecular flexibility index (Phi) is 4.86. The summed E-state index contributed by atoms with van der Waals surface area (Å²) in [5.74, 6) is 0.738. The zero-order chi connectivity index (χ0) is 17.1. The van der Waals surface area contributed by atoms with Crippen molar-refractivity contribution in [2.45, 2.75) is 25.9 Å². The maximum atomic E-state index is 12.8. The number of hydrogen-bond donors (Lipinski definition) is 1. The van der Waals surface area contributed by atoms with Gasteiger partial charge >= 0.3 is 0 Å². The highest BCUT2D eigenvalue weighted by molar-refractivity contribution is 5.84. The number of carbonyl (C=O) groups is 1. The van der Waals surface area contributed by atoms with Crippen LogP contribution in [-0.4, -0.2) is 31.5 Å². The van der Waals surface area contributed by atoms with Crippen LogP contribution >= 0.6 is 0 Å². The van der Waals surface area contributed by atoms with Crippen LogP contribution in [0.4, 0.5) is 0 Å². The molecule has 0 aliphatic carbocycles. The standard InChI is InChI=1S/C20H24N2O2/c1-14-7-6-9-16-17(14)12-22(2)13-18(16)20(23)21-11-15-8-4-5-10-19(15)24-3/h4-10,18H,11-13H2,1-3H3,(H,21,23). The number of carbonyl (C=O) groups excluding carboxylic acids is 1. The minimum atomic E-state index is -0.131. The summed E-state index contributed by atoms with van der Waals surface area (Å²) < 4.78 is 5.35. The molecule has 24 heavy (non-hydrogen) atoms. The summed E-state index contributed by atoms with van der Waals surface area (Å²) in [5.41, 5.74) is 4.68. The Bertz CT molecular complexity index is 742. The first-order valence-electron chi connectivity index (χ1n) is 8.26. The number of ether oxygens (including phenoxy) is 1. The predicted octanol–water partition coefficient (Wildman–Crippen LogP) is 2.85. The van der Waals surface area contributed by atoms with Gasteiger partial charge in [0.15, 0.2) is 0 Å². The average Bonchev–Trinajstić information content (AvgIpc) is 2.60. The van der Waals surface area contributed by atoms with Crippen LogP contribution in [-0.2, 0) is 17.9 Å². The third-order valence-electron chi connectivity index (χ3n) is 4.71. The average molecular weight is 324 g/mol. The van der Waals surface area contributed by atoms with Crippen molar-refractivity contribution in [3.63, 3.8) is 0 Å². The number of amides is 1. The number of methoxy groups -OCH3 is 1. The molecule has 4 nitrogen and oxygen atoms in total. The number of para-hydroxylation sites is 1. The van der Waals surface area contributed by atoms with Gasteiger partial charge in [-0.05, 0) is 36.7 Å². The Morgan fingerprint density at radius 3 is 2.83 bits per heavy atom. The van der Waals surface area contributed by atoms with Crippen LogP contribution in [0.2, 0.25) is 0 Å². The van der Waals surface area contributed by atoms with E-state index >= 15 is 0 Å². The van der Waals surface area contributed by atoms with Crippen LogP contribution in [0.25, 0.3) is 0 Å². The lowest BCUT2D eigenvalue weighted by atomic mass is 9.87. The van der Waals surface area contributed by atoms with Crippen molar-refractivity contribution in [1.29, 1.82) is 0 Å². The summed E-state index contributed by atoms with van der Waals surface area (Å²) in [6.07, 6.45) is 0. The third kappa shape index (κ3) is 3.29. The molecule has 1 amide bonds. The van der Waals surface area contributed by atoms with Crippen molar-refractivity contribution in [1.82, 2.24) is 10.2 Å². The third-order valence-corrected chi connectivity index (χ3v) is 4.71. The van der Waals surface area contributed by atoms with E-state index in [9.17, 15) is 4.79 Å². The minimum absolute atomic E-state index is 0.0688. The van der Waals surface area contributed by atoms with Crippen LogP contribution in [0, 0.1) is 6.92 Å². The zero-order valence-corrected chi connectivity index (χ0v) is 14.5. The summed E-state index contributed by atoms with van der Waals surface area (Å²) >= 11 is 0. The molecular weight excluding hydrogens is 300 g/mol. The van der Waals surface area contributed by atoms with E-state index in [-0.39, 0.29) is 11.8 Å². The van der Waals surface area contributed by atoms with E-state index in [1.807, 2.05) is 30.3 Å². The van der Waals surface area contributed by atoms with Gasteiger partial charge in [-0.3, -0.25) is 4.79 Å². The fourth-order valence-corrected chi connectivity index (χ4v) is 3.39. The van der Waals surface area contributed by atoms with Gasteiger partial charge in [0.25, 0.3) is 0 Å². The number of rotatable bonds is 4. The quantitative estimate of drug-likeness (QED) is 0.940. The molecule has 1 atom stereocenters. The van der Waals surface area contributed by atoms with Gasteiger partial charge in [0, 0.05) is 25.2 Å². The highest BCUT2D eigenvalue weighted by Gasteiger charge is 2.29. The number of fused-ring (bicyclic) bond motifs is 1. The molecule has 2 aromatic rings. The molecule has 2 aromatic carbocycles. The highest BCUT2D eigenvalue weighted by atomic mass is 16.5. The van der Waals surface area contributed by atoms with Crippen molar-refractivity contribution >= 4 is 5.91 Å². The largest absolute Gasteiger partial charge is 0.496 e. The van der Waals surface area contributed by atoms with E-state index < -0.39 is 0 Å². The van der Waals surface area contributed by atoms with Crippen molar-refractivity contribution in [3.05, 3.63) is 64.7 Å². The van der Waals surface area contributed by atoms with Gasteiger partial charge in [-0.1, -0.05) is 36.4 Å². The molecule has 0 fully saturated rings. The maximum absolute atomic E-state index is 12.8. The number of nitrogens with one attached hydrogen (secondary N) is 1. The number of benzene rings is 2. The summed E-state index contributed by atoms with van der Waals surface area (Å²) in [6.45, 7) is 4.23. The lowest BCUT2D eigenvalue weighted by Gasteiger charge is -2.32. The summed E-state index contributed by atoms with van der Waals surface area (Å²) in [7, 11) is 3.71. The van der Waals surface area contributed by atoms with Gasteiger partial charge in [0.1, 0.15) is 5.75 Å². The van der Waals surface area contributed by atoms with Crippen molar-refractivity contribution in [3.8, 4) is 5.75 Å². The number of hydrogen-bond acceptors (Lipinski definition) is 3. The van der Waals surface area contributed by atoms with E-state index in [1.54, 1.807) is 7.11 Å². The SMILES string of the molecule is COc1ccccc1CNC(=O)C1CN(C)Cc2c(C)cccc21. The molecule has 1 unspecified atom stereocenters. The van der Waals surface area contributed by atoms with Gasteiger partial charge in [-0.15, -0.1) is 0 Å². The van der Waals surface area contributed by atoms with Crippen molar-refractivity contribution in [2.75, 3.05) is 20.7 Å². The van der Waals surface area contributed by atoms with Gasteiger partial charge in [0.05, 0.1) is 13.0 Å². The molecule has 1 aliphatic rings. The minimum Gasteiger partial charge on any atom is -0.496 e. The molecule has 1 heterocycles. The first-order valence-corrected chi connectivity index (χ1v) is 8.26. The smallest absolute Gasteiger partial charge is 0.229 e. The van der Waals surface area contributed by atoms with Crippen molar-refractivity contribution in [2.24, 2.45) is 0 Å². The van der Waals surface area contributed by atoms with Crippen LogP contribution in [0.3, 0.4) is 0 Å². The van der Waals surface area contributed by atoms with Crippen LogP contribution in [0.15, 0.2) is 42.5 Å². The number of aryl methyl sites for hydroxylation is 1. The first kappa shape index (κ1) is 16.5. The lowest BCUT2D eigenvalue weighted by molar-refractivity contribution is -0.123.